The zero-order valence-electron chi connectivity index (χ0n) is 9.52. The Balaban J connectivity index is 4.53. The van der Waals surface area contributed by atoms with Crippen molar-refractivity contribution in [1.82, 2.24) is 5.32 Å². The predicted octanol–water partition coefficient (Wildman–Crippen LogP) is -0.558. The number of nitrogens with one attached hydrogen (secondary N) is 1. The van der Waals surface area contributed by atoms with Gasteiger partial charge in [0.25, 0.3) is 0 Å². The molecule has 0 aromatic carbocycles. The molecule has 0 heterocycles. The Morgan fingerprint density at radius 3 is 1.87 bits per heavy atom. The maximum Gasteiger partial charge on any atom is 0.151 e. The van der Waals surface area contributed by atoms with Gasteiger partial charge in [-0.1, -0.05) is 0 Å². The van der Waals surface area contributed by atoms with Gasteiger partial charge in [0.1, 0.15) is 9.84 Å². The molecule has 0 amide bonds. The van der Waals surface area contributed by atoms with Gasteiger partial charge in [0, 0.05) is 18.6 Å². The third kappa shape index (κ3) is 6.11. The molecular formula is C8H19NO4S2. The van der Waals surface area contributed by atoms with Gasteiger partial charge in [0.15, 0.2) is 9.84 Å². The Bertz CT molecular complexity index is 385. The summed E-state index contributed by atoms with van der Waals surface area (Å²) in [6.45, 7) is 1.58. The average Bonchev–Trinajstić information content (AvgIpc) is 2.01. The molecule has 0 aliphatic heterocycles. The third-order valence-electron chi connectivity index (χ3n) is 2.41. The van der Waals surface area contributed by atoms with Crippen molar-refractivity contribution in [2.24, 2.45) is 0 Å². The van der Waals surface area contributed by atoms with Crippen LogP contribution in [0.2, 0.25) is 0 Å². The fourth-order valence-electron chi connectivity index (χ4n) is 1.25. The van der Waals surface area contributed by atoms with E-state index < -0.39 is 24.9 Å². The van der Waals surface area contributed by atoms with Crippen molar-refractivity contribution in [3.05, 3.63) is 0 Å². The minimum absolute atomic E-state index is 0.00162. The molecule has 1 N–H and O–H groups in total. The van der Waals surface area contributed by atoms with E-state index in [0.717, 1.165) is 12.5 Å². The van der Waals surface area contributed by atoms with Crippen LogP contribution in [0.4, 0.5) is 0 Å². The fraction of sp³-hybridized carbons (Fsp3) is 1.00. The van der Waals surface area contributed by atoms with Crippen molar-refractivity contribution in [3.8, 4) is 0 Å². The first-order chi connectivity index (χ1) is 6.58. The molecular weight excluding hydrogens is 238 g/mol. The van der Waals surface area contributed by atoms with Crippen LogP contribution in [0.3, 0.4) is 0 Å². The average molecular weight is 257 g/mol. The van der Waals surface area contributed by atoms with Crippen LogP contribution in [-0.2, 0) is 19.7 Å². The number of rotatable bonds is 6. The van der Waals surface area contributed by atoms with Crippen LogP contribution in [0.15, 0.2) is 0 Å². The number of hydrogen-bond acceptors (Lipinski definition) is 5. The van der Waals surface area contributed by atoms with Gasteiger partial charge in [-0.15, -0.1) is 0 Å². The molecule has 0 rings (SSSR count). The third-order valence-corrected chi connectivity index (χ3v) is 5.07. The highest BCUT2D eigenvalue weighted by Crippen LogP contribution is 2.08. The number of hydrogen-bond donors (Lipinski definition) is 1. The lowest BCUT2D eigenvalue weighted by Crippen LogP contribution is -2.41. The van der Waals surface area contributed by atoms with Gasteiger partial charge < -0.3 is 5.32 Å². The zero-order valence-corrected chi connectivity index (χ0v) is 11.2. The SMILES string of the molecule is CNC(CCS(C)(=O)=O)C(C)S(C)(=O)=O. The first-order valence-electron chi connectivity index (χ1n) is 4.62. The second-order valence-electron chi connectivity index (χ2n) is 3.85. The van der Waals surface area contributed by atoms with E-state index >= 15 is 0 Å². The molecule has 0 aliphatic carbocycles. The molecule has 15 heavy (non-hydrogen) atoms. The second kappa shape index (κ2) is 5.27. The van der Waals surface area contributed by atoms with E-state index in [-0.39, 0.29) is 11.8 Å². The molecule has 92 valence electrons. The Hall–Kier alpha value is -0.140. The lowest BCUT2D eigenvalue weighted by Gasteiger charge is -2.21. The highest BCUT2D eigenvalue weighted by molar-refractivity contribution is 7.91. The number of sulfone groups is 2. The van der Waals surface area contributed by atoms with Gasteiger partial charge >= 0.3 is 0 Å². The van der Waals surface area contributed by atoms with Crippen molar-refractivity contribution in [1.29, 1.82) is 0 Å². The first kappa shape index (κ1) is 14.9. The predicted molar refractivity (Wildman–Crippen MR) is 61.5 cm³/mol. The molecule has 0 saturated carbocycles. The molecule has 0 bridgehead atoms. The van der Waals surface area contributed by atoms with Gasteiger partial charge in [0.05, 0.1) is 11.0 Å². The van der Waals surface area contributed by atoms with Crippen molar-refractivity contribution in [3.63, 3.8) is 0 Å². The summed E-state index contributed by atoms with van der Waals surface area (Å²) in [4.78, 5) is 0. The lowest BCUT2D eigenvalue weighted by atomic mass is 10.2. The molecule has 0 radical (unpaired) electrons. The summed E-state index contributed by atoms with van der Waals surface area (Å²) < 4.78 is 44.4. The highest BCUT2D eigenvalue weighted by Gasteiger charge is 2.25. The fourth-order valence-corrected chi connectivity index (χ4v) is 2.80. The Labute approximate surface area is 92.1 Å². The molecule has 0 aliphatic rings. The van der Waals surface area contributed by atoms with Gasteiger partial charge in [0.2, 0.25) is 0 Å². The monoisotopic (exact) mass is 257 g/mol. The first-order valence-corrected chi connectivity index (χ1v) is 8.63. The summed E-state index contributed by atoms with van der Waals surface area (Å²) in [7, 11) is -4.55. The molecule has 5 nitrogen and oxygen atoms in total. The van der Waals surface area contributed by atoms with E-state index in [9.17, 15) is 16.8 Å². The largest absolute Gasteiger partial charge is 0.316 e. The van der Waals surface area contributed by atoms with Crippen LogP contribution >= 0.6 is 0 Å². The van der Waals surface area contributed by atoms with E-state index in [1.807, 2.05) is 0 Å². The maximum absolute atomic E-state index is 11.3. The van der Waals surface area contributed by atoms with Crippen molar-refractivity contribution in [2.75, 3.05) is 25.3 Å². The van der Waals surface area contributed by atoms with Gasteiger partial charge in [-0.25, -0.2) is 16.8 Å². The van der Waals surface area contributed by atoms with E-state index in [1.54, 1.807) is 14.0 Å². The van der Waals surface area contributed by atoms with Crippen LogP contribution in [0.25, 0.3) is 0 Å². The van der Waals surface area contributed by atoms with E-state index in [4.69, 9.17) is 0 Å². The smallest absolute Gasteiger partial charge is 0.151 e. The summed E-state index contributed by atoms with van der Waals surface area (Å²) in [5.74, 6) is -0.00162. The van der Waals surface area contributed by atoms with E-state index in [0.29, 0.717) is 6.42 Å². The topological polar surface area (TPSA) is 80.3 Å². The quantitative estimate of drug-likeness (QED) is 0.690. The Morgan fingerprint density at radius 2 is 1.60 bits per heavy atom. The second-order valence-corrected chi connectivity index (χ2v) is 8.51. The molecule has 0 fully saturated rings. The van der Waals surface area contributed by atoms with Crippen LogP contribution < -0.4 is 5.32 Å². The summed E-state index contributed by atoms with van der Waals surface area (Å²) in [5, 5.41) is 2.26. The molecule has 2 unspecified atom stereocenters. The minimum atomic E-state index is -3.14. The molecule has 0 spiro atoms. The van der Waals surface area contributed by atoms with Gasteiger partial charge in [-0.3, -0.25) is 0 Å². The summed E-state index contributed by atoms with van der Waals surface area (Å²) in [6, 6.07) is -0.324. The maximum atomic E-state index is 11.3. The lowest BCUT2D eigenvalue weighted by molar-refractivity contribution is 0.504. The Kier molecular flexibility index (Phi) is 5.22. The molecule has 0 aromatic heterocycles. The summed E-state index contributed by atoms with van der Waals surface area (Å²) in [5.41, 5.74) is 0. The molecule has 7 heteroatoms. The van der Waals surface area contributed by atoms with Crippen LogP contribution in [0.1, 0.15) is 13.3 Å². The summed E-state index contributed by atoms with van der Waals surface area (Å²) in [6.07, 6.45) is 2.61. The van der Waals surface area contributed by atoms with E-state index in [2.05, 4.69) is 5.32 Å². The van der Waals surface area contributed by atoms with Gasteiger partial charge in [-0.2, -0.15) is 0 Å². The summed E-state index contributed by atoms with van der Waals surface area (Å²) >= 11 is 0. The van der Waals surface area contributed by atoms with Gasteiger partial charge in [-0.05, 0) is 20.4 Å². The Morgan fingerprint density at radius 1 is 1.13 bits per heavy atom. The van der Waals surface area contributed by atoms with Crippen LogP contribution in [-0.4, -0.2) is 53.4 Å². The molecule has 0 saturated heterocycles. The van der Waals surface area contributed by atoms with Crippen molar-refractivity contribution >= 4 is 19.7 Å². The normalized spacial score (nSPS) is 17.3. The zero-order chi connectivity index (χ0) is 12.3. The molecule has 0 aromatic rings. The van der Waals surface area contributed by atoms with Crippen LogP contribution in [0.5, 0.6) is 0 Å². The van der Waals surface area contributed by atoms with Crippen LogP contribution in [0, 0.1) is 0 Å². The molecule has 2 atom stereocenters. The van der Waals surface area contributed by atoms with Crippen molar-refractivity contribution < 1.29 is 16.8 Å². The highest BCUT2D eigenvalue weighted by atomic mass is 32.2. The van der Waals surface area contributed by atoms with E-state index in [1.165, 1.54) is 0 Å². The van der Waals surface area contributed by atoms with Crippen molar-refractivity contribution in [2.45, 2.75) is 24.6 Å². The minimum Gasteiger partial charge on any atom is -0.316 e. The standard InChI is InChI=1S/C8H19NO4S2/c1-7(15(4,12)13)8(9-2)5-6-14(3,10)11/h7-9H,5-6H2,1-4H3.